The molecule has 0 bridgehead atoms. The molecule has 3 nitrogen and oxygen atoms in total. The molecule has 0 saturated carbocycles. The Labute approximate surface area is 120 Å². The average Bonchev–Trinajstić information content (AvgIpc) is 2.49. The Balaban J connectivity index is 2.00. The fourth-order valence-electron chi connectivity index (χ4n) is 2.33. The number of hydrogen-bond donors (Lipinski definition) is 2. The van der Waals surface area contributed by atoms with Gasteiger partial charge in [-0.1, -0.05) is 50.2 Å². The Morgan fingerprint density at radius 2 is 1.75 bits per heavy atom. The first-order valence-corrected chi connectivity index (χ1v) is 7.05. The van der Waals surface area contributed by atoms with E-state index in [0.717, 1.165) is 5.56 Å². The van der Waals surface area contributed by atoms with Crippen LogP contribution in [0, 0.1) is 5.92 Å². The van der Waals surface area contributed by atoms with Crippen LogP contribution in [0.15, 0.2) is 54.9 Å². The molecule has 0 amide bonds. The summed E-state index contributed by atoms with van der Waals surface area (Å²) < 4.78 is 0. The second-order valence-corrected chi connectivity index (χ2v) is 5.34. The Kier molecular flexibility index (Phi) is 5.27. The largest absolute Gasteiger partial charge is 0.387 e. The number of aromatic nitrogens is 1. The lowest BCUT2D eigenvalue weighted by molar-refractivity contribution is 0.165. The second kappa shape index (κ2) is 7.17. The van der Waals surface area contributed by atoms with Crippen LogP contribution in [0.5, 0.6) is 0 Å². The normalized spacial score (nSPS) is 14.2. The van der Waals surface area contributed by atoms with Crippen LogP contribution in [-0.2, 0) is 0 Å². The Hall–Kier alpha value is -1.71. The van der Waals surface area contributed by atoms with Gasteiger partial charge in [0.1, 0.15) is 0 Å². The lowest BCUT2D eigenvalue weighted by atomic mass is 9.95. The molecule has 106 valence electrons. The van der Waals surface area contributed by atoms with E-state index in [1.165, 1.54) is 5.56 Å². The summed E-state index contributed by atoms with van der Waals surface area (Å²) in [6.07, 6.45) is 2.89. The summed E-state index contributed by atoms with van der Waals surface area (Å²) in [6, 6.07) is 14.3. The summed E-state index contributed by atoms with van der Waals surface area (Å²) in [6.45, 7) is 4.88. The topological polar surface area (TPSA) is 45.1 Å². The fraction of sp³-hybridized carbons (Fsp3) is 0.353. The van der Waals surface area contributed by atoms with E-state index >= 15 is 0 Å². The maximum atomic E-state index is 10.2. The molecular formula is C17H22N2O. The van der Waals surface area contributed by atoms with Crippen LogP contribution >= 0.6 is 0 Å². The van der Waals surface area contributed by atoms with Gasteiger partial charge in [-0.05, 0) is 17.5 Å². The third kappa shape index (κ3) is 3.89. The lowest BCUT2D eigenvalue weighted by Gasteiger charge is -2.24. The number of hydrogen-bond acceptors (Lipinski definition) is 3. The zero-order chi connectivity index (χ0) is 14.4. The van der Waals surface area contributed by atoms with Crippen LogP contribution in [-0.4, -0.2) is 16.6 Å². The molecule has 2 aromatic rings. The van der Waals surface area contributed by atoms with E-state index in [1.807, 2.05) is 30.3 Å². The molecule has 0 aliphatic rings. The highest BCUT2D eigenvalue weighted by Gasteiger charge is 2.17. The van der Waals surface area contributed by atoms with Gasteiger partial charge >= 0.3 is 0 Å². The van der Waals surface area contributed by atoms with Crippen LogP contribution < -0.4 is 5.32 Å². The Bertz CT molecular complexity index is 499. The molecule has 0 saturated heterocycles. The predicted octanol–water partition coefficient (Wildman–Crippen LogP) is 3.10. The van der Waals surface area contributed by atoms with E-state index in [2.05, 4.69) is 36.3 Å². The number of rotatable bonds is 6. The van der Waals surface area contributed by atoms with Crippen molar-refractivity contribution in [1.82, 2.24) is 10.3 Å². The molecule has 0 spiro atoms. The summed E-state index contributed by atoms with van der Waals surface area (Å²) in [7, 11) is 0. The van der Waals surface area contributed by atoms with Crippen LogP contribution in [0.3, 0.4) is 0 Å². The lowest BCUT2D eigenvalue weighted by Crippen LogP contribution is -2.29. The van der Waals surface area contributed by atoms with Crippen molar-refractivity contribution < 1.29 is 5.11 Å². The molecule has 0 aliphatic carbocycles. The van der Waals surface area contributed by atoms with Gasteiger partial charge in [-0.3, -0.25) is 4.98 Å². The van der Waals surface area contributed by atoms with Gasteiger partial charge in [0.2, 0.25) is 0 Å². The Morgan fingerprint density at radius 3 is 2.35 bits per heavy atom. The molecule has 2 atom stereocenters. The standard InChI is InChI=1S/C17H22N2O/c1-13(2)17(14-7-4-3-5-8-14)19-12-16(20)15-9-6-10-18-11-15/h3-11,13,16-17,19-20H,12H2,1-2H3/t16-,17+/m1/s1. The zero-order valence-corrected chi connectivity index (χ0v) is 12.0. The van der Waals surface area contributed by atoms with E-state index in [-0.39, 0.29) is 6.04 Å². The summed E-state index contributed by atoms with van der Waals surface area (Å²) in [5, 5.41) is 13.7. The first kappa shape index (κ1) is 14.7. The highest BCUT2D eigenvalue weighted by atomic mass is 16.3. The van der Waals surface area contributed by atoms with Crippen molar-refractivity contribution in [3.05, 3.63) is 66.0 Å². The minimum Gasteiger partial charge on any atom is -0.387 e. The molecule has 20 heavy (non-hydrogen) atoms. The third-order valence-corrected chi connectivity index (χ3v) is 3.43. The van der Waals surface area contributed by atoms with E-state index in [1.54, 1.807) is 12.4 Å². The minimum absolute atomic E-state index is 0.238. The molecule has 1 aromatic heterocycles. The van der Waals surface area contributed by atoms with Crippen molar-refractivity contribution in [3.63, 3.8) is 0 Å². The van der Waals surface area contributed by atoms with Gasteiger partial charge in [0.15, 0.2) is 0 Å². The highest BCUT2D eigenvalue weighted by Crippen LogP contribution is 2.22. The first-order chi connectivity index (χ1) is 9.68. The smallest absolute Gasteiger partial charge is 0.0929 e. The molecule has 0 radical (unpaired) electrons. The second-order valence-electron chi connectivity index (χ2n) is 5.34. The number of pyridine rings is 1. The summed E-state index contributed by atoms with van der Waals surface area (Å²) in [5.74, 6) is 0.457. The molecule has 0 aliphatic heterocycles. The van der Waals surface area contributed by atoms with Gasteiger partial charge in [-0.25, -0.2) is 0 Å². The number of nitrogens with zero attached hydrogens (tertiary/aromatic N) is 1. The zero-order valence-electron chi connectivity index (χ0n) is 12.0. The van der Waals surface area contributed by atoms with Crippen LogP contribution in [0.25, 0.3) is 0 Å². The van der Waals surface area contributed by atoms with Gasteiger partial charge in [0, 0.05) is 30.5 Å². The first-order valence-electron chi connectivity index (χ1n) is 7.05. The fourth-order valence-corrected chi connectivity index (χ4v) is 2.33. The third-order valence-electron chi connectivity index (χ3n) is 3.43. The molecule has 2 rings (SSSR count). The predicted molar refractivity (Wildman–Crippen MR) is 81.2 cm³/mol. The number of aliphatic hydroxyl groups excluding tert-OH is 1. The van der Waals surface area contributed by atoms with Gasteiger partial charge < -0.3 is 10.4 Å². The SMILES string of the molecule is CC(C)[C@H](NC[C@@H](O)c1cccnc1)c1ccccc1. The van der Waals surface area contributed by atoms with Gasteiger partial charge in [0.25, 0.3) is 0 Å². The number of benzene rings is 1. The minimum atomic E-state index is -0.534. The molecule has 2 N–H and O–H groups in total. The maximum absolute atomic E-state index is 10.2. The van der Waals surface area contributed by atoms with Crippen LogP contribution in [0.1, 0.15) is 37.1 Å². The van der Waals surface area contributed by atoms with Gasteiger partial charge in [-0.2, -0.15) is 0 Å². The average molecular weight is 270 g/mol. The molecule has 0 unspecified atom stereocenters. The molecule has 1 heterocycles. The van der Waals surface area contributed by atoms with E-state index in [0.29, 0.717) is 12.5 Å². The van der Waals surface area contributed by atoms with Crippen molar-refractivity contribution in [1.29, 1.82) is 0 Å². The monoisotopic (exact) mass is 270 g/mol. The van der Waals surface area contributed by atoms with Crippen molar-refractivity contribution >= 4 is 0 Å². The van der Waals surface area contributed by atoms with Crippen LogP contribution in [0.4, 0.5) is 0 Å². The van der Waals surface area contributed by atoms with E-state index in [4.69, 9.17) is 0 Å². The summed E-state index contributed by atoms with van der Waals surface area (Å²) in [4.78, 5) is 4.04. The molecule has 1 aromatic carbocycles. The van der Waals surface area contributed by atoms with Crippen molar-refractivity contribution in [2.45, 2.75) is 26.0 Å². The molecule has 0 fully saturated rings. The highest BCUT2D eigenvalue weighted by molar-refractivity contribution is 5.20. The number of nitrogens with one attached hydrogen (secondary N) is 1. The quantitative estimate of drug-likeness (QED) is 0.848. The number of aliphatic hydroxyl groups is 1. The van der Waals surface area contributed by atoms with Crippen molar-refractivity contribution in [2.75, 3.05) is 6.54 Å². The van der Waals surface area contributed by atoms with E-state index < -0.39 is 6.10 Å². The van der Waals surface area contributed by atoms with Crippen molar-refractivity contribution in [3.8, 4) is 0 Å². The van der Waals surface area contributed by atoms with Gasteiger partial charge in [-0.15, -0.1) is 0 Å². The molecule has 3 heteroatoms. The maximum Gasteiger partial charge on any atom is 0.0929 e. The van der Waals surface area contributed by atoms with Crippen LogP contribution in [0.2, 0.25) is 0 Å². The van der Waals surface area contributed by atoms with Crippen molar-refractivity contribution in [2.24, 2.45) is 5.92 Å². The Morgan fingerprint density at radius 1 is 1.05 bits per heavy atom. The van der Waals surface area contributed by atoms with E-state index in [9.17, 15) is 5.11 Å². The van der Waals surface area contributed by atoms with Gasteiger partial charge in [0.05, 0.1) is 6.10 Å². The molecular weight excluding hydrogens is 248 g/mol. The summed E-state index contributed by atoms with van der Waals surface area (Å²) >= 11 is 0. The summed E-state index contributed by atoms with van der Waals surface area (Å²) in [5.41, 5.74) is 2.09.